The number of halogens is 1. The van der Waals surface area contributed by atoms with E-state index in [0.717, 1.165) is 25.1 Å². The van der Waals surface area contributed by atoms with E-state index in [4.69, 9.17) is 4.74 Å². The van der Waals surface area contributed by atoms with Crippen molar-refractivity contribution >= 4 is 5.91 Å². The van der Waals surface area contributed by atoms with Crippen LogP contribution >= 0.6 is 0 Å². The highest BCUT2D eigenvalue weighted by molar-refractivity contribution is 5.95. The fourth-order valence-corrected chi connectivity index (χ4v) is 3.44. The number of ether oxygens (including phenoxy) is 1. The molecule has 1 aromatic heterocycles. The van der Waals surface area contributed by atoms with Gasteiger partial charge in [-0.1, -0.05) is 19.9 Å². The van der Waals surface area contributed by atoms with Crippen LogP contribution in [0.4, 0.5) is 4.39 Å². The molecule has 25 heavy (non-hydrogen) atoms. The molecule has 4 rings (SSSR count). The van der Waals surface area contributed by atoms with Gasteiger partial charge < -0.3 is 10.1 Å². The van der Waals surface area contributed by atoms with Gasteiger partial charge in [-0.15, -0.1) is 0 Å². The fraction of sp³-hybridized carbons (Fsp3) is 0.474. The Morgan fingerprint density at radius 3 is 2.96 bits per heavy atom. The number of hydrogen-bond acceptors (Lipinski definition) is 3. The van der Waals surface area contributed by atoms with Crippen molar-refractivity contribution in [1.82, 2.24) is 15.1 Å². The number of carbonyl (C=O) groups excluding carboxylic acids is 1. The second-order valence-electron chi connectivity index (χ2n) is 7.28. The number of rotatable bonds is 5. The molecule has 1 aliphatic carbocycles. The topological polar surface area (TPSA) is 56.2 Å². The van der Waals surface area contributed by atoms with Gasteiger partial charge in [-0.05, 0) is 30.9 Å². The van der Waals surface area contributed by atoms with Gasteiger partial charge in [-0.3, -0.25) is 9.48 Å². The standard InChI is InChI=1S/C19H22FN3O2/c1-11(2)9-23-18(12-6-7-12)13(8-21-23)19(24)22-15-10-25-16-5-3-4-14(20)17(15)16/h3-5,8,11-12,15H,6-7,9-10H2,1-2H3,(H,22,24). The summed E-state index contributed by atoms with van der Waals surface area (Å²) in [5.41, 5.74) is 2.05. The van der Waals surface area contributed by atoms with Gasteiger partial charge in [0.15, 0.2) is 0 Å². The van der Waals surface area contributed by atoms with Crippen molar-refractivity contribution in [2.75, 3.05) is 6.61 Å². The van der Waals surface area contributed by atoms with E-state index in [-0.39, 0.29) is 18.3 Å². The first-order chi connectivity index (χ1) is 12.0. The van der Waals surface area contributed by atoms with E-state index in [2.05, 4.69) is 24.3 Å². The van der Waals surface area contributed by atoms with Crippen molar-refractivity contribution < 1.29 is 13.9 Å². The van der Waals surface area contributed by atoms with Crippen molar-refractivity contribution in [3.8, 4) is 5.75 Å². The van der Waals surface area contributed by atoms with Crippen LogP contribution in [0.15, 0.2) is 24.4 Å². The lowest BCUT2D eigenvalue weighted by Crippen LogP contribution is -2.30. The second kappa shape index (κ2) is 6.17. The molecule has 0 saturated heterocycles. The molecular weight excluding hydrogens is 321 g/mol. The molecule has 1 unspecified atom stereocenters. The van der Waals surface area contributed by atoms with Gasteiger partial charge in [0.05, 0.1) is 29.1 Å². The van der Waals surface area contributed by atoms with E-state index < -0.39 is 6.04 Å². The average Bonchev–Trinajstić information content (AvgIpc) is 3.19. The molecule has 1 N–H and O–H groups in total. The SMILES string of the molecule is CC(C)Cn1ncc(C(=O)NC2COc3cccc(F)c32)c1C1CC1. The highest BCUT2D eigenvalue weighted by atomic mass is 19.1. The van der Waals surface area contributed by atoms with Crippen LogP contribution in [0.5, 0.6) is 5.75 Å². The number of amides is 1. The minimum Gasteiger partial charge on any atom is -0.491 e. The molecule has 6 heteroatoms. The second-order valence-corrected chi connectivity index (χ2v) is 7.28. The molecule has 2 aliphatic rings. The third-order valence-corrected chi connectivity index (χ3v) is 4.70. The smallest absolute Gasteiger partial charge is 0.255 e. The van der Waals surface area contributed by atoms with Crippen LogP contribution in [0.2, 0.25) is 0 Å². The molecule has 1 atom stereocenters. The minimum absolute atomic E-state index is 0.207. The maximum Gasteiger partial charge on any atom is 0.255 e. The quantitative estimate of drug-likeness (QED) is 0.905. The van der Waals surface area contributed by atoms with Gasteiger partial charge in [0, 0.05) is 12.5 Å². The Hall–Kier alpha value is -2.37. The molecule has 1 saturated carbocycles. The first-order valence-electron chi connectivity index (χ1n) is 8.82. The summed E-state index contributed by atoms with van der Waals surface area (Å²) in [4.78, 5) is 12.8. The summed E-state index contributed by atoms with van der Waals surface area (Å²) in [6.07, 6.45) is 3.82. The third kappa shape index (κ3) is 3.01. The first-order valence-corrected chi connectivity index (χ1v) is 8.82. The number of nitrogens with zero attached hydrogens (tertiary/aromatic N) is 2. The van der Waals surface area contributed by atoms with E-state index >= 15 is 0 Å². The lowest BCUT2D eigenvalue weighted by Gasteiger charge is -2.14. The molecule has 0 bridgehead atoms. The van der Waals surface area contributed by atoms with Gasteiger partial charge in [0.25, 0.3) is 5.91 Å². The van der Waals surface area contributed by atoms with Crippen LogP contribution in [0.3, 0.4) is 0 Å². The fourth-order valence-electron chi connectivity index (χ4n) is 3.44. The predicted molar refractivity (Wildman–Crippen MR) is 91.1 cm³/mol. The molecular formula is C19H22FN3O2. The summed E-state index contributed by atoms with van der Waals surface area (Å²) in [7, 11) is 0. The number of nitrogens with one attached hydrogen (secondary N) is 1. The number of fused-ring (bicyclic) bond motifs is 1. The molecule has 5 nitrogen and oxygen atoms in total. The van der Waals surface area contributed by atoms with Gasteiger partial charge in [-0.25, -0.2) is 4.39 Å². The van der Waals surface area contributed by atoms with Crippen molar-refractivity contribution in [3.05, 3.63) is 47.0 Å². The summed E-state index contributed by atoms with van der Waals surface area (Å²) in [6.45, 7) is 5.31. The zero-order chi connectivity index (χ0) is 17.6. The summed E-state index contributed by atoms with van der Waals surface area (Å²) >= 11 is 0. The van der Waals surface area contributed by atoms with Gasteiger partial charge in [0.1, 0.15) is 18.2 Å². The normalized spacial score (nSPS) is 19.0. The van der Waals surface area contributed by atoms with E-state index in [9.17, 15) is 9.18 Å². The van der Waals surface area contributed by atoms with Crippen LogP contribution in [0.1, 0.15) is 60.3 Å². The first kappa shape index (κ1) is 16.1. The number of benzene rings is 1. The van der Waals surface area contributed by atoms with Crippen LogP contribution in [0.25, 0.3) is 0 Å². The molecule has 1 aromatic carbocycles. The van der Waals surface area contributed by atoms with E-state index in [1.807, 2.05) is 4.68 Å². The molecule has 1 amide bonds. The Labute approximate surface area is 146 Å². The molecule has 0 spiro atoms. The third-order valence-electron chi connectivity index (χ3n) is 4.70. The van der Waals surface area contributed by atoms with E-state index in [1.165, 1.54) is 6.07 Å². The molecule has 1 aliphatic heterocycles. The monoisotopic (exact) mass is 343 g/mol. The van der Waals surface area contributed by atoms with Crippen molar-refractivity contribution in [2.24, 2.45) is 5.92 Å². The Morgan fingerprint density at radius 2 is 2.24 bits per heavy atom. The van der Waals surface area contributed by atoms with Gasteiger partial charge in [-0.2, -0.15) is 5.10 Å². The van der Waals surface area contributed by atoms with Crippen LogP contribution in [-0.4, -0.2) is 22.3 Å². The Balaban J connectivity index is 1.58. The van der Waals surface area contributed by atoms with Crippen LogP contribution in [-0.2, 0) is 6.54 Å². The molecule has 1 fully saturated rings. The number of hydrogen-bond donors (Lipinski definition) is 1. The lowest BCUT2D eigenvalue weighted by atomic mass is 10.1. The molecule has 0 radical (unpaired) electrons. The van der Waals surface area contributed by atoms with Crippen LogP contribution < -0.4 is 10.1 Å². The minimum atomic E-state index is -0.468. The number of carbonyl (C=O) groups is 1. The molecule has 2 aromatic rings. The van der Waals surface area contributed by atoms with Crippen molar-refractivity contribution in [3.63, 3.8) is 0 Å². The largest absolute Gasteiger partial charge is 0.491 e. The Kier molecular flexibility index (Phi) is 3.98. The Morgan fingerprint density at radius 1 is 1.44 bits per heavy atom. The number of aromatic nitrogens is 2. The highest BCUT2D eigenvalue weighted by Crippen LogP contribution is 2.42. The van der Waals surface area contributed by atoms with Crippen LogP contribution in [0, 0.1) is 11.7 Å². The predicted octanol–water partition coefficient (Wildman–Crippen LogP) is 3.42. The average molecular weight is 343 g/mol. The van der Waals surface area contributed by atoms with Crippen molar-refractivity contribution in [1.29, 1.82) is 0 Å². The Bertz CT molecular complexity index is 811. The zero-order valence-electron chi connectivity index (χ0n) is 14.5. The highest BCUT2D eigenvalue weighted by Gasteiger charge is 2.34. The zero-order valence-corrected chi connectivity index (χ0v) is 14.5. The maximum absolute atomic E-state index is 14.1. The molecule has 2 heterocycles. The van der Waals surface area contributed by atoms with Crippen molar-refractivity contribution in [2.45, 2.75) is 45.2 Å². The summed E-state index contributed by atoms with van der Waals surface area (Å²) in [5, 5.41) is 7.35. The van der Waals surface area contributed by atoms with E-state index in [1.54, 1.807) is 18.3 Å². The summed E-state index contributed by atoms with van der Waals surface area (Å²) in [6, 6.07) is 4.26. The lowest BCUT2D eigenvalue weighted by molar-refractivity contribution is 0.0928. The van der Waals surface area contributed by atoms with E-state index in [0.29, 0.717) is 28.7 Å². The van der Waals surface area contributed by atoms with Gasteiger partial charge in [0.2, 0.25) is 0 Å². The summed E-state index contributed by atoms with van der Waals surface area (Å²) < 4.78 is 21.6. The maximum atomic E-state index is 14.1. The van der Waals surface area contributed by atoms with Gasteiger partial charge >= 0.3 is 0 Å². The molecule has 132 valence electrons. The summed E-state index contributed by atoms with van der Waals surface area (Å²) in [5.74, 6) is 0.811.